The molecule has 2 aromatic heterocycles. The molecule has 0 aliphatic carbocycles. The SMILES string of the molecule is COCc1cc(Cl)n2ncc(C(=O)O)c2n1. The summed E-state index contributed by atoms with van der Waals surface area (Å²) in [5.74, 6) is -1.09. The molecule has 1 N–H and O–H groups in total. The summed E-state index contributed by atoms with van der Waals surface area (Å²) in [6, 6.07) is 1.58. The predicted octanol–water partition coefficient (Wildman–Crippen LogP) is 1.23. The molecule has 0 radical (unpaired) electrons. The Hall–Kier alpha value is -1.66. The number of rotatable bonds is 3. The van der Waals surface area contributed by atoms with Gasteiger partial charge in [0.2, 0.25) is 0 Å². The van der Waals surface area contributed by atoms with Gasteiger partial charge in [0.15, 0.2) is 5.65 Å². The van der Waals surface area contributed by atoms with E-state index in [1.807, 2.05) is 0 Å². The van der Waals surface area contributed by atoms with Crippen molar-refractivity contribution < 1.29 is 14.6 Å². The van der Waals surface area contributed by atoms with Crippen molar-refractivity contribution in [2.24, 2.45) is 0 Å². The molecule has 0 amide bonds. The highest BCUT2D eigenvalue weighted by Gasteiger charge is 2.15. The van der Waals surface area contributed by atoms with Gasteiger partial charge in [-0.3, -0.25) is 0 Å². The number of methoxy groups -OCH3 is 1. The molecule has 0 saturated carbocycles. The minimum absolute atomic E-state index is 0.0138. The van der Waals surface area contributed by atoms with Crippen molar-refractivity contribution in [2.45, 2.75) is 6.61 Å². The van der Waals surface area contributed by atoms with Crippen LogP contribution in [-0.4, -0.2) is 32.8 Å². The van der Waals surface area contributed by atoms with Gasteiger partial charge < -0.3 is 9.84 Å². The second-order valence-corrected chi connectivity index (χ2v) is 3.49. The Morgan fingerprint density at radius 2 is 2.44 bits per heavy atom. The molecule has 2 heterocycles. The minimum Gasteiger partial charge on any atom is -0.477 e. The third-order valence-electron chi connectivity index (χ3n) is 2.00. The topological polar surface area (TPSA) is 76.7 Å². The first-order valence-electron chi connectivity index (χ1n) is 4.39. The first-order chi connectivity index (χ1) is 7.63. The molecule has 84 valence electrons. The number of nitrogens with zero attached hydrogens (tertiary/aromatic N) is 3. The summed E-state index contributed by atoms with van der Waals surface area (Å²) in [4.78, 5) is 15.0. The molecule has 0 unspecified atom stereocenters. The van der Waals surface area contributed by atoms with E-state index >= 15 is 0 Å². The molecule has 16 heavy (non-hydrogen) atoms. The summed E-state index contributed by atoms with van der Waals surface area (Å²) in [5, 5.41) is 13.1. The number of fused-ring (bicyclic) bond motifs is 1. The van der Waals surface area contributed by atoms with Gasteiger partial charge in [0.05, 0.1) is 18.5 Å². The average molecular weight is 242 g/mol. The summed E-state index contributed by atoms with van der Waals surface area (Å²) >= 11 is 5.93. The molecule has 0 atom stereocenters. The van der Waals surface area contributed by atoms with Crippen LogP contribution in [0.15, 0.2) is 12.3 Å². The maximum absolute atomic E-state index is 10.9. The number of aromatic nitrogens is 3. The summed E-state index contributed by atoms with van der Waals surface area (Å²) in [6.07, 6.45) is 1.22. The molecule has 7 heteroatoms. The molecule has 0 aliphatic rings. The van der Waals surface area contributed by atoms with Crippen molar-refractivity contribution in [3.05, 3.63) is 28.7 Å². The molecule has 0 spiro atoms. The molecule has 0 aromatic carbocycles. The highest BCUT2D eigenvalue weighted by Crippen LogP contribution is 2.16. The molecule has 0 fully saturated rings. The van der Waals surface area contributed by atoms with Gasteiger partial charge in [0.1, 0.15) is 10.7 Å². The first kappa shape index (κ1) is 10.8. The third-order valence-corrected chi connectivity index (χ3v) is 2.27. The maximum atomic E-state index is 10.9. The van der Waals surface area contributed by atoms with Gasteiger partial charge in [-0.2, -0.15) is 5.10 Å². The molecular formula is C9H8ClN3O3. The lowest BCUT2D eigenvalue weighted by Gasteiger charge is -2.02. The number of carbonyl (C=O) groups is 1. The van der Waals surface area contributed by atoms with Crippen molar-refractivity contribution in [1.29, 1.82) is 0 Å². The van der Waals surface area contributed by atoms with Gasteiger partial charge in [-0.1, -0.05) is 11.6 Å². The van der Waals surface area contributed by atoms with Gasteiger partial charge in [-0.15, -0.1) is 0 Å². The number of aromatic carboxylic acids is 1. The monoisotopic (exact) mass is 241 g/mol. The smallest absolute Gasteiger partial charge is 0.341 e. The lowest BCUT2D eigenvalue weighted by atomic mass is 10.3. The van der Waals surface area contributed by atoms with Crippen LogP contribution in [0.2, 0.25) is 5.15 Å². The third kappa shape index (κ3) is 1.72. The molecule has 0 bridgehead atoms. The fraction of sp³-hybridized carbons (Fsp3) is 0.222. The number of ether oxygens (including phenoxy) is 1. The molecule has 6 nitrogen and oxygen atoms in total. The Bertz CT molecular complexity index is 552. The lowest BCUT2D eigenvalue weighted by molar-refractivity contribution is 0.0698. The van der Waals surface area contributed by atoms with E-state index in [4.69, 9.17) is 21.4 Å². The standard InChI is InChI=1S/C9H8ClN3O3/c1-16-4-5-2-7(10)13-8(12-5)6(3-11-13)9(14)15/h2-3H,4H2,1H3,(H,14,15). The van der Waals surface area contributed by atoms with Crippen molar-refractivity contribution >= 4 is 23.2 Å². The Morgan fingerprint density at radius 3 is 3.06 bits per heavy atom. The summed E-state index contributed by atoms with van der Waals surface area (Å²) in [5.41, 5.74) is 0.787. The highest BCUT2D eigenvalue weighted by atomic mass is 35.5. The zero-order valence-corrected chi connectivity index (χ0v) is 9.10. The van der Waals surface area contributed by atoms with Gasteiger partial charge in [0.25, 0.3) is 0 Å². The zero-order valence-electron chi connectivity index (χ0n) is 8.35. The van der Waals surface area contributed by atoms with Crippen LogP contribution < -0.4 is 0 Å². The van der Waals surface area contributed by atoms with Gasteiger partial charge in [0, 0.05) is 7.11 Å². The van der Waals surface area contributed by atoms with E-state index in [0.717, 1.165) is 0 Å². The Labute approximate surface area is 95.4 Å². The van der Waals surface area contributed by atoms with Crippen LogP contribution in [0.3, 0.4) is 0 Å². The number of carboxylic acid groups (broad SMARTS) is 1. The van der Waals surface area contributed by atoms with E-state index in [0.29, 0.717) is 10.8 Å². The van der Waals surface area contributed by atoms with Crippen molar-refractivity contribution in [3.8, 4) is 0 Å². The molecule has 0 aliphatic heterocycles. The van der Waals surface area contributed by atoms with E-state index in [1.165, 1.54) is 17.8 Å². The van der Waals surface area contributed by atoms with Gasteiger partial charge in [-0.05, 0) is 6.07 Å². The van der Waals surface area contributed by atoms with Crippen molar-refractivity contribution in [1.82, 2.24) is 14.6 Å². The van der Waals surface area contributed by atoms with Crippen LogP contribution in [-0.2, 0) is 11.3 Å². The van der Waals surface area contributed by atoms with E-state index in [9.17, 15) is 4.79 Å². The second kappa shape index (κ2) is 4.07. The van der Waals surface area contributed by atoms with Crippen molar-refractivity contribution in [3.63, 3.8) is 0 Å². The van der Waals surface area contributed by atoms with Crippen LogP contribution in [0.4, 0.5) is 0 Å². The molecule has 2 rings (SSSR count). The largest absolute Gasteiger partial charge is 0.477 e. The molecule has 2 aromatic rings. The second-order valence-electron chi connectivity index (χ2n) is 3.10. The lowest BCUT2D eigenvalue weighted by Crippen LogP contribution is -2.02. The van der Waals surface area contributed by atoms with E-state index in [2.05, 4.69) is 10.1 Å². The first-order valence-corrected chi connectivity index (χ1v) is 4.76. The number of carboxylic acids is 1. The van der Waals surface area contributed by atoms with Crippen LogP contribution in [0.5, 0.6) is 0 Å². The van der Waals surface area contributed by atoms with E-state index in [1.54, 1.807) is 6.07 Å². The van der Waals surface area contributed by atoms with Gasteiger partial charge in [-0.25, -0.2) is 14.3 Å². The van der Waals surface area contributed by atoms with Crippen LogP contribution >= 0.6 is 11.6 Å². The van der Waals surface area contributed by atoms with Gasteiger partial charge >= 0.3 is 5.97 Å². The van der Waals surface area contributed by atoms with E-state index < -0.39 is 5.97 Å². The summed E-state index contributed by atoms with van der Waals surface area (Å²) < 4.78 is 6.18. The van der Waals surface area contributed by atoms with E-state index in [-0.39, 0.29) is 17.8 Å². The summed E-state index contributed by atoms with van der Waals surface area (Å²) in [7, 11) is 1.52. The predicted molar refractivity (Wildman–Crippen MR) is 55.7 cm³/mol. The number of hydrogen-bond donors (Lipinski definition) is 1. The van der Waals surface area contributed by atoms with Crippen LogP contribution in [0.25, 0.3) is 5.65 Å². The Kier molecular flexibility index (Phi) is 2.76. The Morgan fingerprint density at radius 1 is 1.69 bits per heavy atom. The number of hydrogen-bond acceptors (Lipinski definition) is 4. The normalized spacial score (nSPS) is 10.9. The quantitative estimate of drug-likeness (QED) is 0.818. The van der Waals surface area contributed by atoms with Crippen molar-refractivity contribution in [2.75, 3.05) is 7.11 Å². The number of halogens is 1. The minimum atomic E-state index is -1.09. The maximum Gasteiger partial charge on any atom is 0.341 e. The average Bonchev–Trinajstić information content (AvgIpc) is 2.62. The van der Waals surface area contributed by atoms with Crippen LogP contribution in [0, 0.1) is 0 Å². The zero-order chi connectivity index (χ0) is 11.7. The molecular weight excluding hydrogens is 234 g/mol. The highest BCUT2D eigenvalue weighted by molar-refractivity contribution is 6.29. The fourth-order valence-electron chi connectivity index (χ4n) is 1.35. The Balaban J connectivity index is 2.66. The summed E-state index contributed by atoms with van der Waals surface area (Å²) in [6.45, 7) is 0.264. The molecule has 0 saturated heterocycles. The van der Waals surface area contributed by atoms with Crippen LogP contribution in [0.1, 0.15) is 16.1 Å². The fourth-order valence-corrected chi connectivity index (χ4v) is 1.60.